The number of halogens is 1. The van der Waals surface area contributed by atoms with E-state index in [0.717, 1.165) is 31.6 Å². The van der Waals surface area contributed by atoms with Gasteiger partial charge in [-0.25, -0.2) is 0 Å². The molecule has 1 amide bonds. The summed E-state index contributed by atoms with van der Waals surface area (Å²) in [6.07, 6.45) is 1.09. The molecule has 19 heavy (non-hydrogen) atoms. The third kappa shape index (κ3) is 3.48. The van der Waals surface area contributed by atoms with E-state index in [2.05, 4.69) is 5.32 Å². The van der Waals surface area contributed by atoms with Gasteiger partial charge >= 0.3 is 0 Å². The number of hydrogen-bond donors (Lipinski definition) is 1. The molecule has 1 aromatic carbocycles. The van der Waals surface area contributed by atoms with Gasteiger partial charge in [0, 0.05) is 18.1 Å². The third-order valence-electron chi connectivity index (χ3n) is 3.81. The van der Waals surface area contributed by atoms with Gasteiger partial charge in [-0.15, -0.1) is 0 Å². The lowest BCUT2D eigenvalue weighted by Crippen LogP contribution is -2.33. The molecule has 1 saturated heterocycles. The molecule has 1 aromatic rings. The fraction of sp³-hybridized carbons (Fsp3) is 0.533. The van der Waals surface area contributed by atoms with E-state index in [9.17, 15) is 4.79 Å². The van der Waals surface area contributed by atoms with Crippen molar-refractivity contribution >= 4 is 17.5 Å². The van der Waals surface area contributed by atoms with Gasteiger partial charge < -0.3 is 10.2 Å². The molecule has 104 valence electrons. The first kappa shape index (κ1) is 14.4. The van der Waals surface area contributed by atoms with Gasteiger partial charge in [0.1, 0.15) is 0 Å². The summed E-state index contributed by atoms with van der Waals surface area (Å²) < 4.78 is 0. The lowest BCUT2D eigenvalue weighted by Gasteiger charge is -2.21. The molecule has 1 aliphatic heterocycles. The van der Waals surface area contributed by atoms with Crippen LogP contribution in [0.5, 0.6) is 0 Å². The Bertz CT molecular complexity index is 450. The highest BCUT2D eigenvalue weighted by atomic mass is 35.5. The van der Waals surface area contributed by atoms with Crippen LogP contribution >= 0.6 is 11.6 Å². The second-order valence-corrected chi connectivity index (χ2v) is 5.71. The van der Waals surface area contributed by atoms with E-state index in [-0.39, 0.29) is 11.8 Å². The van der Waals surface area contributed by atoms with E-state index in [0.29, 0.717) is 10.9 Å². The van der Waals surface area contributed by atoms with Crippen LogP contribution in [0.15, 0.2) is 24.3 Å². The number of benzene rings is 1. The van der Waals surface area contributed by atoms with E-state index < -0.39 is 0 Å². The summed E-state index contributed by atoms with van der Waals surface area (Å²) in [6.45, 7) is 4.68. The number of likely N-dealkylation sites (tertiary alicyclic amines) is 1. The minimum Gasteiger partial charge on any atom is -0.342 e. The van der Waals surface area contributed by atoms with E-state index in [1.54, 1.807) is 0 Å². The fourth-order valence-corrected chi connectivity index (χ4v) is 2.88. The molecule has 0 spiro atoms. The van der Waals surface area contributed by atoms with Crippen molar-refractivity contribution < 1.29 is 4.79 Å². The van der Waals surface area contributed by atoms with Gasteiger partial charge in [-0.1, -0.05) is 23.7 Å². The van der Waals surface area contributed by atoms with Crippen LogP contribution in [0.4, 0.5) is 0 Å². The molecule has 2 atom stereocenters. The van der Waals surface area contributed by atoms with Crippen LogP contribution in [0.1, 0.15) is 24.8 Å². The summed E-state index contributed by atoms with van der Waals surface area (Å²) >= 11 is 5.98. The molecule has 1 fully saturated rings. The van der Waals surface area contributed by atoms with Crippen molar-refractivity contribution in [3.8, 4) is 0 Å². The predicted octanol–water partition coefficient (Wildman–Crippen LogP) is 2.51. The third-order valence-corrected chi connectivity index (χ3v) is 4.04. The SMILES string of the molecule is CNCC1CCN(C(=O)C(C)c2cccc(Cl)c2)C1. The molecule has 0 bridgehead atoms. The Balaban J connectivity index is 2.00. The Labute approximate surface area is 119 Å². The van der Waals surface area contributed by atoms with Crippen LogP contribution in [-0.2, 0) is 4.79 Å². The van der Waals surface area contributed by atoms with Gasteiger partial charge in [0.15, 0.2) is 0 Å². The van der Waals surface area contributed by atoms with Crippen molar-refractivity contribution in [2.24, 2.45) is 5.92 Å². The Morgan fingerprint density at radius 3 is 3.05 bits per heavy atom. The number of nitrogens with one attached hydrogen (secondary N) is 1. The van der Waals surface area contributed by atoms with Crippen LogP contribution in [0.25, 0.3) is 0 Å². The van der Waals surface area contributed by atoms with Crippen LogP contribution in [-0.4, -0.2) is 37.5 Å². The maximum Gasteiger partial charge on any atom is 0.229 e. The highest BCUT2D eigenvalue weighted by molar-refractivity contribution is 6.30. The summed E-state index contributed by atoms with van der Waals surface area (Å²) in [7, 11) is 1.96. The quantitative estimate of drug-likeness (QED) is 0.919. The largest absolute Gasteiger partial charge is 0.342 e. The molecule has 3 nitrogen and oxygen atoms in total. The molecule has 0 aromatic heterocycles. The predicted molar refractivity (Wildman–Crippen MR) is 78.5 cm³/mol. The van der Waals surface area contributed by atoms with Crippen molar-refractivity contribution in [1.82, 2.24) is 10.2 Å². The van der Waals surface area contributed by atoms with Gasteiger partial charge in [-0.05, 0) is 50.6 Å². The van der Waals surface area contributed by atoms with Crippen LogP contribution < -0.4 is 5.32 Å². The van der Waals surface area contributed by atoms with Gasteiger partial charge in [-0.2, -0.15) is 0 Å². The molecule has 2 rings (SSSR count). The topological polar surface area (TPSA) is 32.3 Å². The second-order valence-electron chi connectivity index (χ2n) is 5.27. The number of carbonyl (C=O) groups excluding carboxylic acids is 1. The number of carbonyl (C=O) groups is 1. The highest BCUT2D eigenvalue weighted by Crippen LogP contribution is 2.24. The minimum absolute atomic E-state index is 0.118. The Hall–Kier alpha value is -1.06. The highest BCUT2D eigenvalue weighted by Gasteiger charge is 2.29. The van der Waals surface area contributed by atoms with Crippen molar-refractivity contribution in [3.05, 3.63) is 34.9 Å². The molecule has 0 saturated carbocycles. The number of amides is 1. The Kier molecular flexibility index (Phi) is 4.83. The first-order valence-corrected chi connectivity index (χ1v) is 7.18. The van der Waals surface area contributed by atoms with Crippen molar-refractivity contribution in [1.29, 1.82) is 0 Å². The Morgan fingerprint density at radius 1 is 1.58 bits per heavy atom. The lowest BCUT2D eigenvalue weighted by molar-refractivity contribution is -0.131. The van der Waals surface area contributed by atoms with Crippen molar-refractivity contribution in [2.45, 2.75) is 19.3 Å². The molecule has 2 unspecified atom stereocenters. The lowest BCUT2D eigenvalue weighted by atomic mass is 10.00. The van der Waals surface area contributed by atoms with Crippen LogP contribution in [0.2, 0.25) is 5.02 Å². The van der Waals surface area contributed by atoms with Gasteiger partial charge in [-0.3, -0.25) is 4.79 Å². The van der Waals surface area contributed by atoms with E-state index in [1.165, 1.54) is 0 Å². The maximum atomic E-state index is 12.5. The normalized spacial score (nSPS) is 20.6. The number of nitrogens with zero attached hydrogens (tertiary/aromatic N) is 1. The fourth-order valence-electron chi connectivity index (χ4n) is 2.68. The zero-order chi connectivity index (χ0) is 13.8. The molecule has 0 radical (unpaired) electrons. The molecule has 1 aliphatic rings. The molecule has 1 N–H and O–H groups in total. The Morgan fingerprint density at radius 2 is 2.37 bits per heavy atom. The number of hydrogen-bond acceptors (Lipinski definition) is 2. The smallest absolute Gasteiger partial charge is 0.229 e. The van der Waals surface area contributed by atoms with Gasteiger partial charge in [0.25, 0.3) is 0 Å². The monoisotopic (exact) mass is 280 g/mol. The number of rotatable bonds is 4. The van der Waals surface area contributed by atoms with Gasteiger partial charge in [0.05, 0.1) is 5.92 Å². The summed E-state index contributed by atoms with van der Waals surface area (Å²) in [5, 5.41) is 3.87. The molecular weight excluding hydrogens is 260 g/mol. The first-order chi connectivity index (χ1) is 9.11. The zero-order valence-electron chi connectivity index (χ0n) is 11.5. The van der Waals surface area contributed by atoms with E-state index >= 15 is 0 Å². The van der Waals surface area contributed by atoms with E-state index in [4.69, 9.17) is 11.6 Å². The average molecular weight is 281 g/mol. The van der Waals surface area contributed by atoms with Crippen molar-refractivity contribution in [2.75, 3.05) is 26.7 Å². The zero-order valence-corrected chi connectivity index (χ0v) is 12.3. The molecule has 0 aliphatic carbocycles. The van der Waals surface area contributed by atoms with E-state index in [1.807, 2.05) is 43.1 Å². The summed E-state index contributed by atoms with van der Waals surface area (Å²) in [5.41, 5.74) is 0.995. The molecule has 1 heterocycles. The standard InChI is InChI=1S/C15H21ClN2O/c1-11(13-4-3-5-14(16)8-13)15(19)18-7-6-12(10-18)9-17-2/h3-5,8,11-12,17H,6-7,9-10H2,1-2H3. The molecule has 4 heteroatoms. The van der Waals surface area contributed by atoms with Crippen LogP contribution in [0, 0.1) is 5.92 Å². The van der Waals surface area contributed by atoms with Crippen LogP contribution in [0.3, 0.4) is 0 Å². The average Bonchev–Trinajstić information content (AvgIpc) is 2.86. The maximum absolute atomic E-state index is 12.5. The first-order valence-electron chi connectivity index (χ1n) is 6.80. The summed E-state index contributed by atoms with van der Waals surface area (Å²) in [5.74, 6) is 0.674. The van der Waals surface area contributed by atoms with Gasteiger partial charge in [0.2, 0.25) is 5.91 Å². The van der Waals surface area contributed by atoms with Crippen molar-refractivity contribution in [3.63, 3.8) is 0 Å². The summed E-state index contributed by atoms with van der Waals surface area (Å²) in [6, 6.07) is 7.58. The second kappa shape index (κ2) is 6.40. The summed E-state index contributed by atoms with van der Waals surface area (Å²) in [4.78, 5) is 14.4. The minimum atomic E-state index is -0.118. The molecular formula is C15H21ClN2O.